The highest BCUT2D eigenvalue weighted by Gasteiger charge is 2.16. The number of aromatic nitrogens is 4. The predicted molar refractivity (Wildman–Crippen MR) is 76.7 cm³/mol. The molecule has 6 heteroatoms. The molecule has 0 aliphatic rings. The molecule has 102 valence electrons. The minimum absolute atomic E-state index is 0.408. The Morgan fingerprint density at radius 2 is 1.90 bits per heavy atom. The molecule has 2 heterocycles. The van der Waals surface area contributed by atoms with Gasteiger partial charge in [0.25, 0.3) is 5.56 Å². The van der Waals surface area contributed by atoms with Crippen molar-refractivity contribution in [1.29, 1.82) is 0 Å². The van der Waals surface area contributed by atoms with Gasteiger partial charge in [0.1, 0.15) is 5.82 Å². The smallest absolute Gasteiger partial charge is 0.321 e. The molecule has 2 aromatic heterocycles. The maximum atomic E-state index is 12.0. The second-order valence-electron chi connectivity index (χ2n) is 4.54. The fraction of sp³-hybridized carbons (Fsp3) is 0.214. The Hall–Kier alpha value is -2.63. The Balaban J connectivity index is 2.44. The lowest BCUT2D eigenvalue weighted by atomic mass is 10.2. The Kier molecular flexibility index (Phi) is 2.78. The van der Waals surface area contributed by atoms with Gasteiger partial charge in [-0.1, -0.05) is 30.3 Å². The first-order chi connectivity index (χ1) is 9.63. The highest BCUT2D eigenvalue weighted by atomic mass is 16.2. The van der Waals surface area contributed by atoms with E-state index in [1.165, 1.54) is 4.57 Å². The van der Waals surface area contributed by atoms with Crippen molar-refractivity contribution in [2.45, 2.75) is 13.5 Å². The van der Waals surface area contributed by atoms with E-state index in [9.17, 15) is 9.59 Å². The number of hydrogen-bond donors (Lipinski definition) is 1. The molecule has 0 spiro atoms. The molecule has 0 saturated carbocycles. The van der Waals surface area contributed by atoms with Gasteiger partial charge in [-0.2, -0.15) is 0 Å². The van der Waals surface area contributed by atoms with Crippen LogP contribution in [0.1, 0.15) is 6.92 Å². The van der Waals surface area contributed by atoms with Crippen LogP contribution in [0.25, 0.3) is 22.6 Å². The molecule has 0 atom stereocenters. The summed E-state index contributed by atoms with van der Waals surface area (Å²) in [6, 6.07) is 9.58. The Morgan fingerprint density at radius 1 is 1.20 bits per heavy atom. The molecule has 0 unspecified atom stereocenters. The van der Waals surface area contributed by atoms with E-state index in [1.54, 1.807) is 11.6 Å². The van der Waals surface area contributed by atoms with E-state index in [0.29, 0.717) is 23.5 Å². The van der Waals surface area contributed by atoms with Crippen molar-refractivity contribution in [2.24, 2.45) is 7.05 Å². The Bertz CT molecular complexity index is 887. The zero-order valence-electron chi connectivity index (χ0n) is 11.3. The van der Waals surface area contributed by atoms with E-state index in [1.807, 2.05) is 37.3 Å². The first-order valence-corrected chi connectivity index (χ1v) is 6.38. The molecule has 0 radical (unpaired) electrons. The van der Waals surface area contributed by atoms with Crippen molar-refractivity contribution >= 4 is 11.2 Å². The molecule has 20 heavy (non-hydrogen) atoms. The summed E-state index contributed by atoms with van der Waals surface area (Å²) < 4.78 is 3.18. The largest absolute Gasteiger partial charge is 0.330 e. The molecule has 0 aliphatic carbocycles. The fourth-order valence-corrected chi connectivity index (χ4v) is 2.39. The maximum absolute atomic E-state index is 12.0. The molecule has 0 saturated heterocycles. The van der Waals surface area contributed by atoms with Gasteiger partial charge in [-0.05, 0) is 6.92 Å². The van der Waals surface area contributed by atoms with Crippen molar-refractivity contribution in [3.05, 3.63) is 51.2 Å². The number of aromatic amines is 1. The second-order valence-corrected chi connectivity index (χ2v) is 4.54. The molecule has 0 bridgehead atoms. The SMILES string of the molecule is CCn1c(=O)[nH]c(=O)c2c1nc(-c1ccccc1)n2C. The number of nitrogens with zero attached hydrogens (tertiary/aromatic N) is 3. The summed E-state index contributed by atoms with van der Waals surface area (Å²) in [4.78, 5) is 30.6. The minimum Gasteiger partial charge on any atom is -0.321 e. The van der Waals surface area contributed by atoms with E-state index in [-0.39, 0.29) is 0 Å². The average molecular weight is 270 g/mol. The van der Waals surface area contributed by atoms with Gasteiger partial charge in [-0.25, -0.2) is 9.78 Å². The number of benzene rings is 1. The summed E-state index contributed by atoms with van der Waals surface area (Å²) in [5.74, 6) is 0.666. The second kappa shape index (κ2) is 4.48. The fourth-order valence-electron chi connectivity index (χ4n) is 2.39. The van der Waals surface area contributed by atoms with E-state index >= 15 is 0 Å². The third kappa shape index (κ3) is 1.69. The molecule has 1 N–H and O–H groups in total. The summed E-state index contributed by atoms with van der Waals surface area (Å²) in [6.07, 6.45) is 0. The highest BCUT2D eigenvalue weighted by Crippen LogP contribution is 2.20. The van der Waals surface area contributed by atoms with Crippen LogP contribution in [0.4, 0.5) is 0 Å². The van der Waals surface area contributed by atoms with E-state index in [0.717, 1.165) is 5.56 Å². The van der Waals surface area contributed by atoms with Crippen LogP contribution in [0.15, 0.2) is 39.9 Å². The Morgan fingerprint density at radius 3 is 2.55 bits per heavy atom. The number of imidazole rings is 1. The third-order valence-electron chi connectivity index (χ3n) is 3.36. The lowest BCUT2D eigenvalue weighted by Crippen LogP contribution is -2.30. The quantitative estimate of drug-likeness (QED) is 0.758. The van der Waals surface area contributed by atoms with E-state index in [2.05, 4.69) is 9.97 Å². The summed E-state index contributed by atoms with van der Waals surface area (Å²) in [6.45, 7) is 2.30. The molecular weight excluding hydrogens is 256 g/mol. The lowest BCUT2D eigenvalue weighted by Gasteiger charge is -2.02. The number of aryl methyl sites for hydroxylation is 2. The van der Waals surface area contributed by atoms with Gasteiger partial charge in [-0.15, -0.1) is 0 Å². The highest BCUT2D eigenvalue weighted by molar-refractivity contribution is 5.76. The summed E-state index contributed by atoms with van der Waals surface area (Å²) in [7, 11) is 1.78. The zero-order valence-corrected chi connectivity index (χ0v) is 11.3. The molecule has 1 aromatic carbocycles. The number of hydrogen-bond acceptors (Lipinski definition) is 3. The third-order valence-corrected chi connectivity index (χ3v) is 3.36. The molecule has 0 amide bonds. The van der Waals surface area contributed by atoms with Crippen LogP contribution in [0.2, 0.25) is 0 Å². The number of rotatable bonds is 2. The molecule has 3 aromatic rings. The van der Waals surface area contributed by atoms with Crippen LogP contribution >= 0.6 is 0 Å². The summed E-state index contributed by atoms with van der Waals surface area (Å²) in [5, 5.41) is 0. The number of fused-ring (bicyclic) bond motifs is 1. The molecule has 0 aliphatic heterocycles. The standard InChI is InChI=1S/C14H14N4O2/c1-3-18-12-10(13(19)16-14(18)20)17(2)11(15-12)9-7-5-4-6-8-9/h4-8H,3H2,1-2H3,(H,16,19,20). The van der Waals surface area contributed by atoms with Crippen molar-refractivity contribution in [3.63, 3.8) is 0 Å². The van der Waals surface area contributed by atoms with Gasteiger partial charge in [0.2, 0.25) is 0 Å². The lowest BCUT2D eigenvalue weighted by molar-refractivity contribution is 0.719. The maximum Gasteiger partial charge on any atom is 0.330 e. The topological polar surface area (TPSA) is 72.7 Å². The van der Waals surface area contributed by atoms with Crippen molar-refractivity contribution in [3.8, 4) is 11.4 Å². The molecule has 6 nitrogen and oxygen atoms in total. The monoisotopic (exact) mass is 270 g/mol. The van der Waals surface area contributed by atoms with Crippen LogP contribution in [0.5, 0.6) is 0 Å². The van der Waals surface area contributed by atoms with Gasteiger partial charge in [0.15, 0.2) is 11.2 Å². The zero-order chi connectivity index (χ0) is 14.3. The van der Waals surface area contributed by atoms with Gasteiger partial charge in [0, 0.05) is 19.2 Å². The van der Waals surface area contributed by atoms with Crippen LogP contribution < -0.4 is 11.2 Å². The van der Waals surface area contributed by atoms with Crippen molar-refractivity contribution in [2.75, 3.05) is 0 Å². The first-order valence-electron chi connectivity index (χ1n) is 6.38. The molecule has 3 rings (SSSR count). The number of H-pyrrole nitrogens is 1. The Labute approximate surface area is 114 Å². The van der Waals surface area contributed by atoms with E-state index < -0.39 is 11.2 Å². The average Bonchev–Trinajstić information content (AvgIpc) is 2.78. The van der Waals surface area contributed by atoms with Crippen molar-refractivity contribution < 1.29 is 0 Å². The predicted octanol–water partition coefficient (Wildman–Crippen LogP) is 1.11. The van der Waals surface area contributed by atoms with Crippen molar-refractivity contribution in [1.82, 2.24) is 19.1 Å². The minimum atomic E-state index is -0.428. The van der Waals surface area contributed by atoms with Crippen LogP contribution in [0, 0.1) is 0 Å². The number of nitrogens with one attached hydrogen (secondary N) is 1. The normalized spacial score (nSPS) is 11.1. The molecular formula is C14H14N4O2. The first kappa shape index (κ1) is 12.4. The van der Waals surface area contributed by atoms with Gasteiger partial charge in [-0.3, -0.25) is 14.3 Å². The van der Waals surface area contributed by atoms with E-state index in [4.69, 9.17) is 0 Å². The molecule has 0 fully saturated rings. The van der Waals surface area contributed by atoms with Gasteiger partial charge < -0.3 is 4.57 Å². The summed E-state index contributed by atoms with van der Waals surface area (Å²) >= 11 is 0. The van der Waals surface area contributed by atoms with Crippen LogP contribution in [-0.2, 0) is 13.6 Å². The van der Waals surface area contributed by atoms with Crippen LogP contribution in [0.3, 0.4) is 0 Å². The van der Waals surface area contributed by atoms with Crippen LogP contribution in [-0.4, -0.2) is 19.1 Å². The van der Waals surface area contributed by atoms with Gasteiger partial charge >= 0.3 is 5.69 Å². The van der Waals surface area contributed by atoms with Gasteiger partial charge in [0.05, 0.1) is 0 Å². The summed E-state index contributed by atoms with van der Waals surface area (Å²) in [5.41, 5.74) is 0.892.